The van der Waals surface area contributed by atoms with E-state index in [1.165, 1.54) is 18.2 Å². The lowest BCUT2D eigenvalue weighted by Gasteiger charge is -2.26. The molecule has 206 valence electrons. The lowest BCUT2D eigenvalue weighted by molar-refractivity contribution is -0.384. The van der Waals surface area contributed by atoms with Gasteiger partial charge in [0.25, 0.3) is 17.5 Å². The van der Waals surface area contributed by atoms with Crippen molar-refractivity contribution in [1.82, 2.24) is 5.32 Å². The Kier molecular flexibility index (Phi) is 8.80. The third-order valence-corrected chi connectivity index (χ3v) is 6.24. The summed E-state index contributed by atoms with van der Waals surface area (Å²) in [6.07, 6.45) is 1.35. The first kappa shape index (κ1) is 28.3. The van der Waals surface area contributed by atoms with E-state index in [9.17, 15) is 24.5 Å². The average Bonchev–Trinajstić information content (AvgIpc) is 2.92. The number of rotatable bonds is 10. The van der Waals surface area contributed by atoms with Gasteiger partial charge in [0, 0.05) is 12.1 Å². The van der Waals surface area contributed by atoms with Crippen molar-refractivity contribution in [3.63, 3.8) is 0 Å². The first-order chi connectivity index (χ1) is 19.2. The van der Waals surface area contributed by atoms with E-state index < -0.39 is 22.8 Å². The van der Waals surface area contributed by atoms with Crippen molar-refractivity contribution in [2.45, 2.75) is 20.5 Å². The van der Waals surface area contributed by atoms with Gasteiger partial charge in [0.15, 0.2) is 11.5 Å². The number of carbonyl (C=O) groups is 3. The van der Waals surface area contributed by atoms with Crippen LogP contribution in [-0.2, 0) is 16.2 Å². The summed E-state index contributed by atoms with van der Waals surface area (Å²) in [5, 5.41) is 13.3. The normalized spacial score (nSPS) is 14.2. The van der Waals surface area contributed by atoms with Crippen LogP contribution in [0.15, 0.2) is 70.7 Å². The topological polar surface area (TPSA) is 137 Å². The highest BCUT2D eigenvalue weighted by molar-refractivity contribution is 9.10. The lowest BCUT2D eigenvalue weighted by Crippen LogP contribution is -2.54. The molecular weight excluding hydrogens is 586 g/mol. The fourth-order valence-corrected chi connectivity index (χ4v) is 4.48. The van der Waals surface area contributed by atoms with Crippen LogP contribution in [-0.4, -0.2) is 36.0 Å². The van der Waals surface area contributed by atoms with Gasteiger partial charge in [-0.1, -0.05) is 12.1 Å². The molecule has 1 heterocycles. The van der Waals surface area contributed by atoms with Crippen molar-refractivity contribution in [3.8, 4) is 17.2 Å². The molecule has 1 fully saturated rings. The molecule has 0 radical (unpaired) electrons. The molecule has 1 aliphatic heterocycles. The number of anilines is 1. The van der Waals surface area contributed by atoms with Gasteiger partial charge in [0.2, 0.25) is 0 Å². The quantitative estimate of drug-likeness (QED) is 0.140. The van der Waals surface area contributed by atoms with Gasteiger partial charge in [-0.25, -0.2) is 9.69 Å². The fourth-order valence-electron chi connectivity index (χ4n) is 3.91. The number of barbiturate groups is 1. The van der Waals surface area contributed by atoms with Crippen LogP contribution in [0.25, 0.3) is 6.08 Å². The maximum Gasteiger partial charge on any atom is 0.335 e. The molecule has 0 aromatic heterocycles. The molecule has 0 unspecified atom stereocenters. The van der Waals surface area contributed by atoms with Gasteiger partial charge < -0.3 is 14.2 Å². The minimum absolute atomic E-state index is 0.0286. The highest BCUT2D eigenvalue weighted by Gasteiger charge is 2.37. The van der Waals surface area contributed by atoms with Gasteiger partial charge in [0.05, 0.1) is 28.3 Å². The zero-order valence-corrected chi connectivity index (χ0v) is 23.1. The van der Waals surface area contributed by atoms with E-state index in [0.29, 0.717) is 46.1 Å². The van der Waals surface area contributed by atoms with Crippen LogP contribution in [0.2, 0.25) is 0 Å². The van der Waals surface area contributed by atoms with Gasteiger partial charge in [-0.2, -0.15) is 0 Å². The Labute approximate surface area is 237 Å². The monoisotopic (exact) mass is 609 g/mol. The Morgan fingerprint density at radius 1 is 0.975 bits per heavy atom. The van der Waals surface area contributed by atoms with Gasteiger partial charge in [-0.05, 0) is 83.4 Å². The van der Waals surface area contributed by atoms with Crippen LogP contribution in [0.4, 0.5) is 16.2 Å². The summed E-state index contributed by atoms with van der Waals surface area (Å²) < 4.78 is 17.5. The number of amides is 4. The SMILES string of the molecule is CCOc1ccc(N2C(=O)NC(=O)/C(=C\c3cc(Br)c(OCc4cccc([N+](=O)[O-])c4)c(OCC)c3)C2=O)cc1. The van der Waals surface area contributed by atoms with Crippen molar-refractivity contribution < 1.29 is 33.5 Å². The molecule has 11 nitrogen and oxygen atoms in total. The number of nitro groups is 1. The van der Waals surface area contributed by atoms with Crippen LogP contribution in [0, 0.1) is 10.1 Å². The summed E-state index contributed by atoms with van der Waals surface area (Å²) in [5.74, 6) is -0.405. The van der Waals surface area contributed by atoms with Crippen LogP contribution in [0.1, 0.15) is 25.0 Å². The van der Waals surface area contributed by atoms with E-state index in [-0.39, 0.29) is 23.6 Å². The Morgan fingerprint density at radius 2 is 1.70 bits per heavy atom. The first-order valence-corrected chi connectivity index (χ1v) is 13.0. The number of nitro benzene ring substituents is 1. The van der Waals surface area contributed by atoms with E-state index in [1.54, 1.807) is 55.5 Å². The van der Waals surface area contributed by atoms with Gasteiger partial charge >= 0.3 is 6.03 Å². The molecule has 0 atom stereocenters. The number of imide groups is 2. The summed E-state index contributed by atoms with van der Waals surface area (Å²) in [6, 6.07) is 14.8. The second-order valence-electron chi connectivity index (χ2n) is 8.36. The maximum absolute atomic E-state index is 13.3. The zero-order valence-electron chi connectivity index (χ0n) is 21.5. The van der Waals surface area contributed by atoms with Crippen molar-refractivity contribution in [2.24, 2.45) is 0 Å². The largest absolute Gasteiger partial charge is 0.494 e. The smallest absolute Gasteiger partial charge is 0.335 e. The summed E-state index contributed by atoms with van der Waals surface area (Å²) in [4.78, 5) is 49.9. The molecule has 0 aliphatic carbocycles. The molecule has 12 heteroatoms. The standard InChI is InChI=1S/C28H24BrN3O8/c1-3-38-21-10-8-19(9-11-21)31-27(34)22(26(33)30-28(31)35)13-18-14-23(29)25(24(15-18)39-4-2)40-16-17-6-5-7-20(12-17)32(36)37/h5-15H,3-4,16H2,1-2H3,(H,30,33,35)/b22-13+. The van der Waals surface area contributed by atoms with E-state index in [0.717, 1.165) is 4.90 Å². The predicted molar refractivity (Wildman–Crippen MR) is 149 cm³/mol. The third kappa shape index (κ3) is 6.29. The summed E-state index contributed by atoms with van der Waals surface area (Å²) in [6.45, 7) is 4.40. The van der Waals surface area contributed by atoms with Crippen LogP contribution >= 0.6 is 15.9 Å². The maximum atomic E-state index is 13.3. The van der Waals surface area contributed by atoms with Crippen LogP contribution in [0.3, 0.4) is 0 Å². The second-order valence-corrected chi connectivity index (χ2v) is 9.22. The molecule has 0 saturated carbocycles. The molecule has 4 amide bonds. The summed E-state index contributed by atoms with van der Waals surface area (Å²) >= 11 is 3.45. The lowest BCUT2D eigenvalue weighted by atomic mass is 10.1. The summed E-state index contributed by atoms with van der Waals surface area (Å²) in [7, 11) is 0. The Bertz CT molecular complexity index is 1500. The predicted octanol–water partition coefficient (Wildman–Crippen LogP) is 5.40. The van der Waals surface area contributed by atoms with E-state index in [2.05, 4.69) is 21.2 Å². The second kappa shape index (κ2) is 12.4. The third-order valence-electron chi connectivity index (χ3n) is 5.65. The highest BCUT2D eigenvalue weighted by atomic mass is 79.9. The van der Waals surface area contributed by atoms with Crippen molar-refractivity contribution >= 4 is 51.2 Å². The molecule has 1 saturated heterocycles. The number of ether oxygens (including phenoxy) is 3. The molecule has 40 heavy (non-hydrogen) atoms. The number of halogens is 1. The number of non-ortho nitro benzene ring substituents is 1. The Hall–Kier alpha value is -4.71. The Morgan fingerprint density at radius 3 is 2.38 bits per heavy atom. The van der Waals surface area contributed by atoms with Crippen molar-refractivity contribution in [1.29, 1.82) is 0 Å². The minimum Gasteiger partial charge on any atom is -0.494 e. The van der Waals surface area contributed by atoms with E-state index >= 15 is 0 Å². The van der Waals surface area contributed by atoms with Crippen LogP contribution in [0.5, 0.6) is 17.2 Å². The van der Waals surface area contributed by atoms with Gasteiger partial charge in [-0.3, -0.25) is 25.0 Å². The zero-order chi connectivity index (χ0) is 28.8. The van der Waals surface area contributed by atoms with Crippen molar-refractivity contribution in [3.05, 3.63) is 92.0 Å². The van der Waals surface area contributed by atoms with E-state index in [1.807, 2.05) is 6.92 Å². The number of carbonyl (C=O) groups excluding carboxylic acids is 3. The average molecular weight is 610 g/mol. The molecule has 3 aromatic carbocycles. The molecular formula is C28H24BrN3O8. The molecule has 1 N–H and O–H groups in total. The number of nitrogens with zero attached hydrogens (tertiary/aromatic N) is 2. The molecule has 3 aromatic rings. The Balaban J connectivity index is 1.62. The van der Waals surface area contributed by atoms with Crippen LogP contribution < -0.4 is 24.4 Å². The first-order valence-electron chi connectivity index (χ1n) is 12.2. The molecule has 1 aliphatic rings. The van der Waals surface area contributed by atoms with Gasteiger partial charge in [0.1, 0.15) is 17.9 Å². The number of benzene rings is 3. The molecule has 0 bridgehead atoms. The molecule has 0 spiro atoms. The minimum atomic E-state index is -0.864. The number of nitrogens with one attached hydrogen (secondary N) is 1. The molecule has 4 rings (SSSR count). The fraction of sp³-hybridized carbons (Fsp3) is 0.179. The number of urea groups is 1. The highest BCUT2D eigenvalue weighted by Crippen LogP contribution is 2.38. The number of hydrogen-bond acceptors (Lipinski definition) is 8. The van der Waals surface area contributed by atoms with Crippen molar-refractivity contribution in [2.75, 3.05) is 18.1 Å². The number of hydrogen-bond donors (Lipinski definition) is 1. The van der Waals surface area contributed by atoms with E-state index in [4.69, 9.17) is 14.2 Å². The van der Waals surface area contributed by atoms with Gasteiger partial charge in [-0.15, -0.1) is 0 Å². The summed E-state index contributed by atoms with van der Waals surface area (Å²) in [5.41, 5.74) is 0.967.